The summed E-state index contributed by atoms with van der Waals surface area (Å²) in [6, 6.07) is 8.14. The summed E-state index contributed by atoms with van der Waals surface area (Å²) in [7, 11) is 1.66. The number of para-hydroxylation sites is 1. The molecular weight excluding hydrogens is 286 g/mol. The van der Waals surface area contributed by atoms with Gasteiger partial charge in [-0.15, -0.1) is 0 Å². The molecule has 4 nitrogen and oxygen atoms in total. The van der Waals surface area contributed by atoms with E-state index in [1.807, 2.05) is 30.0 Å². The third-order valence-electron chi connectivity index (χ3n) is 3.32. The van der Waals surface area contributed by atoms with Gasteiger partial charge in [-0.3, -0.25) is 0 Å². The number of nitrogens with one attached hydrogen (secondary N) is 1. The number of fused-ring (bicyclic) bond motifs is 1. The van der Waals surface area contributed by atoms with Crippen LogP contribution in [-0.2, 0) is 0 Å². The maximum atomic E-state index is 8.72. The summed E-state index contributed by atoms with van der Waals surface area (Å²) in [5.41, 5.74) is 0.806. The molecular formula is C16H23NO3S. The molecule has 2 N–H and O–H groups in total. The molecule has 0 saturated heterocycles. The number of benzene rings is 1. The van der Waals surface area contributed by atoms with Crippen molar-refractivity contribution in [1.29, 1.82) is 0 Å². The number of thioether (sulfide) groups is 1. The highest BCUT2D eigenvalue weighted by Crippen LogP contribution is 2.30. The van der Waals surface area contributed by atoms with Crippen LogP contribution in [0.25, 0.3) is 11.0 Å². The van der Waals surface area contributed by atoms with Gasteiger partial charge in [0.25, 0.3) is 0 Å². The minimum Gasteiger partial charge on any atom is -0.493 e. The molecule has 2 rings (SSSR count). The maximum absolute atomic E-state index is 8.72. The van der Waals surface area contributed by atoms with Crippen molar-refractivity contribution in [2.45, 2.75) is 19.4 Å². The summed E-state index contributed by atoms with van der Waals surface area (Å²) in [6.45, 7) is 3.30. The molecule has 5 heteroatoms. The second kappa shape index (κ2) is 8.32. The van der Waals surface area contributed by atoms with Crippen molar-refractivity contribution in [3.63, 3.8) is 0 Å². The predicted molar refractivity (Wildman–Crippen MR) is 88.2 cm³/mol. The minimum absolute atomic E-state index is 0.167. The first kappa shape index (κ1) is 16.2. The highest BCUT2D eigenvalue weighted by molar-refractivity contribution is 7.99. The van der Waals surface area contributed by atoms with Gasteiger partial charge in [-0.05, 0) is 31.2 Å². The Bertz CT molecular complexity index is 555. The third-order valence-corrected chi connectivity index (χ3v) is 4.39. The van der Waals surface area contributed by atoms with Gasteiger partial charge in [0.15, 0.2) is 11.3 Å². The fraction of sp³-hybridized carbons (Fsp3) is 0.500. The Hall–Kier alpha value is -1.17. The molecule has 1 aromatic heterocycles. The molecule has 1 atom stereocenters. The van der Waals surface area contributed by atoms with Gasteiger partial charge < -0.3 is 19.6 Å². The van der Waals surface area contributed by atoms with E-state index in [0.29, 0.717) is 0 Å². The molecule has 0 radical (unpaired) electrons. The summed E-state index contributed by atoms with van der Waals surface area (Å²) in [5.74, 6) is 3.74. The quantitative estimate of drug-likeness (QED) is 0.697. The van der Waals surface area contributed by atoms with Crippen molar-refractivity contribution >= 4 is 22.7 Å². The van der Waals surface area contributed by atoms with Gasteiger partial charge >= 0.3 is 0 Å². The Labute approximate surface area is 129 Å². The SMILES string of the molecule is COc1cccc2cc(C(C)NCCSCCCO)oc12. The number of aliphatic hydroxyl groups excluding tert-OH is 1. The monoisotopic (exact) mass is 309 g/mol. The maximum Gasteiger partial charge on any atom is 0.176 e. The van der Waals surface area contributed by atoms with Gasteiger partial charge in [0.2, 0.25) is 0 Å². The molecule has 0 saturated carbocycles. The van der Waals surface area contributed by atoms with Gasteiger partial charge in [0, 0.05) is 24.3 Å². The van der Waals surface area contributed by atoms with Crippen LogP contribution in [0, 0.1) is 0 Å². The van der Waals surface area contributed by atoms with Crippen molar-refractivity contribution in [2.24, 2.45) is 0 Å². The molecule has 0 aliphatic carbocycles. The zero-order valence-corrected chi connectivity index (χ0v) is 13.4. The van der Waals surface area contributed by atoms with E-state index < -0.39 is 0 Å². The lowest BCUT2D eigenvalue weighted by Crippen LogP contribution is -2.21. The van der Waals surface area contributed by atoms with E-state index >= 15 is 0 Å². The smallest absolute Gasteiger partial charge is 0.176 e. The van der Waals surface area contributed by atoms with E-state index in [1.165, 1.54) is 0 Å². The number of hydrogen-bond acceptors (Lipinski definition) is 5. The topological polar surface area (TPSA) is 54.6 Å². The van der Waals surface area contributed by atoms with Crippen molar-refractivity contribution in [2.75, 3.05) is 31.8 Å². The molecule has 1 aromatic carbocycles. The third kappa shape index (κ3) is 4.40. The Morgan fingerprint density at radius 1 is 1.38 bits per heavy atom. The van der Waals surface area contributed by atoms with Gasteiger partial charge in [-0.1, -0.05) is 12.1 Å². The van der Waals surface area contributed by atoms with Crippen molar-refractivity contribution in [1.82, 2.24) is 5.32 Å². The van der Waals surface area contributed by atoms with Crippen molar-refractivity contribution in [3.05, 3.63) is 30.0 Å². The van der Waals surface area contributed by atoms with Gasteiger partial charge in [0.05, 0.1) is 13.2 Å². The van der Waals surface area contributed by atoms with Crippen molar-refractivity contribution in [3.8, 4) is 5.75 Å². The predicted octanol–water partition coefficient (Wildman–Crippen LogP) is 3.21. The van der Waals surface area contributed by atoms with E-state index in [4.69, 9.17) is 14.3 Å². The molecule has 0 bridgehead atoms. The van der Waals surface area contributed by atoms with E-state index in [-0.39, 0.29) is 12.6 Å². The average molecular weight is 309 g/mol. The van der Waals surface area contributed by atoms with E-state index in [9.17, 15) is 0 Å². The van der Waals surface area contributed by atoms with Crippen LogP contribution in [0.15, 0.2) is 28.7 Å². The van der Waals surface area contributed by atoms with Crippen LogP contribution >= 0.6 is 11.8 Å². The van der Waals surface area contributed by atoms with Crippen LogP contribution < -0.4 is 10.1 Å². The number of aliphatic hydroxyl groups is 1. The molecule has 0 spiro atoms. The molecule has 0 amide bonds. The Morgan fingerprint density at radius 3 is 3.00 bits per heavy atom. The van der Waals surface area contributed by atoms with Gasteiger partial charge in [0.1, 0.15) is 5.76 Å². The molecule has 116 valence electrons. The highest BCUT2D eigenvalue weighted by atomic mass is 32.2. The standard InChI is InChI=1S/C16H23NO3S/c1-12(17-7-10-21-9-4-8-18)15-11-13-5-3-6-14(19-2)16(13)20-15/h3,5-6,11-12,17-18H,4,7-10H2,1-2H3. The Morgan fingerprint density at radius 2 is 2.24 bits per heavy atom. The Balaban J connectivity index is 1.89. The number of hydrogen-bond donors (Lipinski definition) is 2. The Kier molecular flexibility index (Phi) is 6.42. The number of furan rings is 1. The van der Waals surface area contributed by atoms with Crippen molar-refractivity contribution < 1.29 is 14.3 Å². The highest BCUT2D eigenvalue weighted by Gasteiger charge is 2.13. The number of rotatable bonds is 9. The lowest BCUT2D eigenvalue weighted by Gasteiger charge is -2.10. The van der Waals surface area contributed by atoms with Crippen LogP contribution in [0.3, 0.4) is 0 Å². The van der Waals surface area contributed by atoms with Gasteiger partial charge in [-0.25, -0.2) is 0 Å². The molecule has 2 aromatic rings. The summed E-state index contributed by atoms with van der Waals surface area (Å²) >= 11 is 1.85. The summed E-state index contributed by atoms with van der Waals surface area (Å²) in [4.78, 5) is 0. The lowest BCUT2D eigenvalue weighted by atomic mass is 10.2. The molecule has 0 fully saturated rings. The fourth-order valence-corrected chi connectivity index (χ4v) is 2.95. The second-order valence-electron chi connectivity index (χ2n) is 4.89. The zero-order chi connectivity index (χ0) is 15.1. The van der Waals surface area contributed by atoms with Crippen LogP contribution in [0.4, 0.5) is 0 Å². The number of ether oxygens (including phenoxy) is 1. The van der Waals surface area contributed by atoms with E-state index in [1.54, 1.807) is 7.11 Å². The average Bonchev–Trinajstić information content (AvgIpc) is 2.94. The second-order valence-corrected chi connectivity index (χ2v) is 6.12. The van der Waals surface area contributed by atoms with E-state index in [0.717, 1.165) is 47.0 Å². The van der Waals surface area contributed by atoms with Gasteiger partial charge in [-0.2, -0.15) is 11.8 Å². The first-order valence-corrected chi connectivity index (χ1v) is 8.40. The van der Waals surface area contributed by atoms with Crippen LogP contribution in [-0.4, -0.2) is 36.9 Å². The summed E-state index contributed by atoms with van der Waals surface area (Å²) < 4.78 is 11.2. The fourth-order valence-electron chi connectivity index (χ4n) is 2.15. The first-order valence-electron chi connectivity index (χ1n) is 7.24. The molecule has 0 aliphatic rings. The molecule has 1 heterocycles. The molecule has 1 unspecified atom stereocenters. The molecule has 0 aliphatic heterocycles. The summed E-state index contributed by atoms with van der Waals surface area (Å²) in [6.07, 6.45) is 0.865. The largest absolute Gasteiger partial charge is 0.493 e. The zero-order valence-electron chi connectivity index (χ0n) is 12.6. The van der Waals surface area contributed by atoms with Crippen LogP contribution in [0.2, 0.25) is 0 Å². The normalized spacial score (nSPS) is 12.7. The van der Waals surface area contributed by atoms with E-state index in [2.05, 4.69) is 18.3 Å². The van der Waals surface area contributed by atoms with Crippen LogP contribution in [0.5, 0.6) is 5.75 Å². The summed E-state index contributed by atoms with van der Waals surface area (Å²) in [5, 5.41) is 13.2. The minimum atomic E-state index is 0.167. The first-order chi connectivity index (χ1) is 10.3. The molecule has 21 heavy (non-hydrogen) atoms. The number of methoxy groups -OCH3 is 1. The lowest BCUT2D eigenvalue weighted by molar-refractivity contribution is 0.296. The van der Waals surface area contributed by atoms with Crippen LogP contribution in [0.1, 0.15) is 25.1 Å².